The monoisotopic (exact) mass is 304 g/mol. The Labute approximate surface area is 131 Å². The quantitative estimate of drug-likeness (QED) is 0.747. The van der Waals surface area contributed by atoms with E-state index in [-0.39, 0.29) is 0 Å². The van der Waals surface area contributed by atoms with Crippen molar-refractivity contribution in [2.45, 2.75) is 46.1 Å². The molecule has 0 bridgehead atoms. The van der Waals surface area contributed by atoms with Gasteiger partial charge in [0, 0.05) is 23.2 Å². The topological polar surface area (TPSA) is 49.8 Å². The molecule has 0 aliphatic carbocycles. The number of nitrogens with one attached hydrogen (secondary N) is 2. The maximum Gasteiger partial charge on any atom is 0.224 e. The molecule has 0 saturated carbocycles. The van der Waals surface area contributed by atoms with E-state index in [0.717, 1.165) is 37.3 Å². The number of nitrogens with zero attached hydrogens (tertiary/aromatic N) is 2. The van der Waals surface area contributed by atoms with Gasteiger partial charge in [-0.25, -0.2) is 4.98 Å². The molecule has 21 heavy (non-hydrogen) atoms. The van der Waals surface area contributed by atoms with E-state index in [2.05, 4.69) is 52.0 Å². The van der Waals surface area contributed by atoms with E-state index in [1.54, 1.807) is 11.3 Å². The van der Waals surface area contributed by atoms with Gasteiger partial charge in [-0.15, -0.1) is 11.3 Å². The Morgan fingerprint density at radius 3 is 2.76 bits per heavy atom. The van der Waals surface area contributed by atoms with Gasteiger partial charge in [0.25, 0.3) is 0 Å². The van der Waals surface area contributed by atoms with Crippen molar-refractivity contribution < 1.29 is 0 Å². The van der Waals surface area contributed by atoms with Crippen LogP contribution in [-0.2, 0) is 0 Å². The van der Waals surface area contributed by atoms with Gasteiger partial charge in [-0.2, -0.15) is 4.98 Å². The van der Waals surface area contributed by atoms with E-state index in [4.69, 9.17) is 0 Å². The van der Waals surface area contributed by atoms with E-state index >= 15 is 0 Å². The average Bonchev–Trinajstić information content (AvgIpc) is 2.98. The molecule has 0 saturated heterocycles. The molecule has 4 nitrogen and oxygen atoms in total. The maximum atomic E-state index is 4.57. The molecule has 0 aromatic carbocycles. The lowest BCUT2D eigenvalue weighted by Gasteiger charge is -2.18. The van der Waals surface area contributed by atoms with Crippen LogP contribution < -0.4 is 10.6 Å². The number of thiophene rings is 1. The number of anilines is 2. The fourth-order valence-electron chi connectivity index (χ4n) is 2.20. The molecule has 2 heterocycles. The van der Waals surface area contributed by atoms with E-state index in [0.29, 0.717) is 12.0 Å². The van der Waals surface area contributed by atoms with Crippen molar-refractivity contribution in [3.63, 3.8) is 0 Å². The van der Waals surface area contributed by atoms with Gasteiger partial charge in [0.05, 0.1) is 6.04 Å². The average molecular weight is 304 g/mol. The lowest BCUT2D eigenvalue weighted by atomic mass is 10.1. The summed E-state index contributed by atoms with van der Waals surface area (Å²) in [5, 5.41) is 8.94. The SMILES string of the molecule is CCCNc1nc(C)cc(NC(CCC)c2cccs2)n1. The lowest BCUT2D eigenvalue weighted by molar-refractivity contribution is 0.684. The summed E-state index contributed by atoms with van der Waals surface area (Å²) >= 11 is 1.79. The van der Waals surface area contributed by atoms with Crippen molar-refractivity contribution in [3.8, 4) is 0 Å². The molecular formula is C16H24N4S. The Balaban J connectivity index is 2.14. The number of aromatic nitrogens is 2. The summed E-state index contributed by atoms with van der Waals surface area (Å²) in [7, 11) is 0. The van der Waals surface area contributed by atoms with Crippen molar-refractivity contribution in [1.82, 2.24) is 9.97 Å². The van der Waals surface area contributed by atoms with E-state index in [1.807, 2.05) is 13.0 Å². The first-order chi connectivity index (χ1) is 10.2. The van der Waals surface area contributed by atoms with Crippen molar-refractivity contribution >= 4 is 23.1 Å². The van der Waals surface area contributed by atoms with Crippen LogP contribution >= 0.6 is 11.3 Å². The fraction of sp³-hybridized carbons (Fsp3) is 0.500. The van der Waals surface area contributed by atoms with Gasteiger partial charge in [-0.3, -0.25) is 0 Å². The smallest absolute Gasteiger partial charge is 0.224 e. The number of rotatable bonds is 8. The van der Waals surface area contributed by atoms with Crippen LogP contribution in [0, 0.1) is 6.92 Å². The zero-order valence-electron chi connectivity index (χ0n) is 13.0. The zero-order valence-corrected chi connectivity index (χ0v) is 13.8. The van der Waals surface area contributed by atoms with Crippen LogP contribution in [0.2, 0.25) is 0 Å². The van der Waals surface area contributed by atoms with E-state index in [9.17, 15) is 0 Å². The first kappa shape index (κ1) is 15.8. The zero-order chi connectivity index (χ0) is 15.1. The molecule has 0 amide bonds. The number of hydrogen-bond acceptors (Lipinski definition) is 5. The Bertz CT molecular complexity index is 539. The second kappa shape index (κ2) is 7.98. The van der Waals surface area contributed by atoms with Crippen LogP contribution in [0.25, 0.3) is 0 Å². The minimum Gasteiger partial charge on any atom is -0.362 e. The fourth-order valence-corrected chi connectivity index (χ4v) is 3.01. The molecular weight excluding hydrogens is 280 g/mol. The van der Waals surface area contributed by atoms with Gasteiger partial charge < -0.3 is 10.6 Å². The first-order valence-corrected chi connectivity index (χ1v) is 8.50. The highest BCUT2D eigenvalue weighted by atomic mass is 32.1. The Hall–Kier alpha value is -1.62. The van der Waals surface area contributed by atoms with Gasteiger partial charge in [0.1, 0.15) is 5.82 Å². The molecule has 114 valence electrons. The van der Waals surface area contributed by atoms with Crippen LogP contribution in [0.15, 0.2) is 23.6 Å². The van der Waals surface area contributed by atoms with Crippen molar-refractivity contribution in [2.24, 2.45) is 0 Å². The minimum atomic E-state index is 0.323. The molecule has 2 rings (SSSR count). The summed E-state index contributed by atoms with van der Waals surface area (Å²) in [5.74, 6) is 1.61. The normalized spacial score (nSPS) is 12.1. The molecule has 0 fully saturated rings. The second-order valence-corrected chi connectivity index (χ2v) is 6.13. The van der Waals surface area contributed by atoms with Gasteiger partial charge >= 0.3 is 0 Å². The Kier molecular flexibility index (Phi) is 5.99. The summed E-state index contributed by atoms with van der Waals surface area (Å²) in [5.41, 5.74) is 0.979. The lowest BCUT2D eigenvalue weighted by Crippen LogP contribution is -2.12. The predicted molar refractivity (Wildman–Crippen MR) is 91.1 cm³/mol. The van der Waals surface area contributed by atoms with Crippen LogP contribution in [0.1, 0.15) is 49.7 Å². The van der Waals surface area contributed by atoms with Crippen LogP contribution in [-0.4, -0.2) is 16.5 Å². The third-order valence-electron chi connectivity index (χ3n) is 3.17. The molecule has 0 aliphatic rings. The van der Waals surface area contributed by atoms with E-state index < -0.39 is 0 Å². The van der Waals surface area contributed by atoms with Crippen molar-refractivity contribution in [3.05, 3.63) is 34.2 Å². The van der Waals surface area contributed by atoms with E-state index in [1.165, 1.54) is 4.88 Å². The van der Waals surface area contributed by atoms with Gasteiger partial charge in [-0.1, -0.05) is 26.3 Å². The third kappa shape index (κ3) is 4.70. The van der Waals surface area contributed by atoms with Crippen LogP contribution in [0.5, 0.6) is 0 Å². The van der Waals surface area contributed by atoms with Gasteiger partial charge in [0.15, 0.2) is 0 Å². The molecule has 1 atom stereocenters. The molecule has 0 spiro atoms. The van der Waals surface area contributed by atoms with Crippen LogP contribution in [0.4, 0.5) is 11.8 Å². The summed E-state index contributed by atoms with van der Waals surface area (Å²) in [6, 6.07) is 6.61. The molecule has 1 unspecified atom stereocenters. The molecule has 0 aliphatic heterocycles. The summed E-state index contributed by atoms with van der Waals surface area (Å²) in [6.07, 6.45) is 3.30. The Morgan fingerprint density at radius 2 is 2.10 bits per heavy atom. The van der Waals surface area contributed by atoms with Crippen LogP contribution in [0.3, 0.4) is 0 Å². The summed E-state index contributed by atoms with van der Waals surface area (Å²) < 4.78 is 0. The summed E-state index contributed by atoms with van der Waals surface area (Å²) in [4.78, 5) is 10.4. The molecule has 2 N–H and O–H groups in total. The van der Waals surface area contributed by atoms with Gasteiger partial charge in [0.2, 0.25) is 5.95 Å². The molecule has 2 aromatic rings. The highest BCUT2D eigenvalue weighted by Gasteiger charge is 2.13. The second-order valence-electron chi connectivity index (χ2n) is 5.15. The van der Waals surface area contributed by atoms with Crippen molar-refractivity contribution in [1.29, 1.82) is 0 Å². The van der Waals surface area contributed by atoms with Gasteiger partial charge in [-0.05, 0) is 31.2 Å². The number of hydrogen-bond donors (Lipinski definition) is 2. The summed E-state index contributed by atoms with van der Waals surface area (Å²) in [6.45, 7) is 7.24. The molecule has 5 heteroatoms. The van der Waals surface area contributed by atoms with Crippen molar-refractivity contribution in [2.75, 3.05) is 17.2 Å². The highest BCUT2D eigenvalue weighted by molar-refractivity contribution is 7.10. The first-order valence-electron chi connectivity index (χ1n) is 7.62. The highest BCUT2D eigenvalue weighted by Crippen LogP contribution is 2.27. The minimum absolute atomic E-state index is 0.323. The molecule has 0 radical (unpaired) electrons. The third-order valence-corrected chi connectivity index (χ3v) is 4.16. The standard InChI is InChI=1S/C16H24N4S/c1-4-7-13(14-8-6-10-21-14)19-15-11-12(3)18-16(20-15)17-9-5-2/h6,8,10-11,13H,4-5,7,9H2,1-3H3,(H2,17,18,19,20). The predicted octanol–water partition coefficient (Wildman–Crippen LogP) is 4.62. The largest absolute Gasteiger partial charge is 0.362 e. The molecule has 2 aromatic heterocycles. The maximum absolute atomic E-state index is 4.57. The number of aryl methyl sites for hydroxylation is 1. The Morgan fingerprint density at radius 1 is 1.24 bits per heavy atom.